The van der Waals surface area contributed by atoms with Crippen molar-refractivity contribution in [2.75, 3.05) is 98.8 Å². The standard InChI is InChI=1S/C23H37NO10/c1-5-30-9-10-31-11-12-32-13-15-33-20-7-6-19(16-21(20)34-14-8-27-2)24(17-22(25)28-3)18-23(26)29-4/h6-7,16H,5,8-15,17-18H2,1-4H3. The molecular formula is C23H37NO10. The van der Waals surface area contributed by atoms with Gasteiger partial charge in [-0.2, -0.15) is 0 Å². The number of hydrogen-bond donors (Lipinski definition) is 0. The first-order valence-electron chi connectivity index (χ1n) is 11.1. The van der Waals surface area contributed by atoms with E-state index in [1.165, 1.54) is 19.1 Å². The Morgan fingerprint density at radius 1 is 0.706 bits per heavy atom. The van der Waals surface area contributed by atoms with Crippen LogP contribution in [-0.4, -0.2) is 106 Å². The first-order chi connectivity index (χ1) is 16.5. The molecule has 0 amide bonds. The second-order valence-corrected chi connectivity index (χ2v) is 6.75. The Morgan fingerprint density at radius 3 is 1.79 bits per heavy atom. The second-order valence-electron chi connectivity index (χ2n) is 6.75. The number of carbonyl (C=O) groups is 2. The van der Waals surface area contributed by atoms with E-state index in [0.29, 0.717) is 76.6 Å². The Labute approximate surface area is 201 Å². The zero-order valence-corrected chi connectivity index (χ0v) is 20.5. The molecule has 0 saturated heterocycles. The second kappa shape index (κ2) is 18.8. The fourth-order valence-electron chi connectivity index (χ4n) is 2.63. The summed E-state index contributed by atoms with van der Waals surface area (Å²) in [7, 11) is 4.14. The summed E-state index contributed by atoms with van der Waals surface area (Å²) >= 11 is 0. The van der Waals surface area contributed by atoms with E-state index in [-0.39, 0.29) is 13.1 Å². The Hall–Kier alpha value is -2.60. The van der Waals surface area contributed by atoms with Crippen LogP contribution in [0.3, 0.4) is 0 Å². The minimum absolute atomic E-state index is 0.135. The summed E-state index contributed by atoms with van der Waals surface area (Å²) in [6.07, 6.45) is 0. The molecule has 0 aliphatic carbocycles. The summed E-state index contributed by atoms with van der Waals surface area (Å²) in [5.41, 5.74) is 0.566. The minimum atomic E-state index is -0.495. The maximum Gasteiger partial charge on any atom is 0.325 e. The molecule has 0 bridgehead atoms. The molecule has 0 heterocycles. The van der Waals surface area contributed by atoms with Gasteiger partial charge in [-0.1, -0.05) is 0 Å². The molecule has 0 aliphatic heterocycles. The zero-order chi connectivity index (χ0) is 25.0. The molecule has 0 saturated carbocycles. The highest BCUT2D eigenvalue weighted by molar-refractivity contribution is 5.81. The number of methoxy groups -OCH3 is 3. The number of benzene rings is 1. The highest BCUT2D eigenvalue weighted by Crippen LogP contribution is 2.32. The molecule has 1 aromatic rings. The molecule has 1 rings (SSSR count). The van der Waals surface area contributed by atoms with E-state index in [1.54, 1.807) is 25.3 Å². The lowest BCUT2D eigenvalue weighted by atomic mass is 10.2. The van der Waals surface area contributed by atoms with E-state index >= 15 is 0 Å². The van der Waals surface area contributed by atoms with Crippen molar-refractivity contribution in [2.24, 2.45) is 0 Å². The molecule has 194 valence electrons. The first kappa shape index (κ1) is 29.4. The van der Waals surface area contributed by atoms with E-state index < -0.39 is 11.9 Å². The summed E-state index contributed by atoms with van der Waals surface area (Å²) in [6, 6.07) is 5.11. The van der Waals surface area contributed by atoms with Crippen LogP contribution in [0.1, 0.15) is 6.92 Å². The fraction of sp³-hybridized carbons (Fsp3) is 0.652. The van der Waals surface area contributed by atoms with Gasteiger partial charge in [0.15, 0.2) is 11.5 Å². The smallest absolute Gasteiger partial charge is 0.325 e. The first-order valence-corrected chi connectivity index (χ1v) is 11.1. The zero-order valence-electron chi connectivity index (χ0n) is 20.5. The van der Waals surface area contributed by atoms with Gasteiger partial charge in [-0.05, 0) is 19.1 Å². The van der Waals surface area contributed by atoms with E-state index in [9.17, 15) is 9.59 Å². The Bertz CT molecular complexity index is 682. The Balaban J connectivity index is 2.71. The van der Waals surface area contributed by atoms with Gasteiger partial charge in [0.05, 0.1) is 53.9 Å². The number of carbonyl (C=O) groups excluding carboxylic acids is 2. The predicted molar refractivity (Wildman–Crippen MR) is 124 cm³/mol. The average molecular weight is 488 g/mol. The molecule has 0 spiro atoms. The summed E-state index contributed by atoms with van der Waals surface area (Å²) in [5.74, 6) is -0.0590. The number of rotatable bonds is 20. The fourth-order valence-corrected chi connectivity index (χ4v) is 2.63. The lowest BCUT2D eigenvalue weighted by molar-refractivity contribution is -0.140. The molecule has 0 unspecified atom stereocenters. The number of hydrogen-bond acceptors (Lipinski definition) is 11. The van der Waals surface area contributed by atoms with E-state index in [0.717, 1.165) is 0 Å². The number of ether oxygens (including phenoxy) is 8. The van der Waals surface area contributed by atoms with Crippen molar-refractivity contribution in [1.29, 1.82) is 0 Å². The van der Waals surface area contributed by atoms with Crippen molar-refractivity contribution in [3.63, 3.8) is 0 Å². The van der Waals surface area contributed by atoms with Gasteiger partial charge in [0.2, 0.25) is 0 Å². The van der Waals surface area contributed by atoms with Gasteiger partial charge in [-0.25, -0.2) is 0 Å². The molecule has 1 aromatic carbocycles. The van der Waals surface area contributed by atoms with Crippen LogP contribution < -0.4 is 14.4 Å². The van der Waals surface area contributed by atoms with Crippen LogP contribution in [0.25, 0.3) is 0 Å². The third kappa shape index (κ3) is 12.6. The van der Waals surface area contributed by atoms with Crippen molar-refractivity contribution >= 4 is 17.6 Å². The van der Waals surface area contributed by atoms with Crippen LogP contribution in [0.2, 0.25) is 0 Å². The monoisotopic (exact) mass is 487 g/mol. The van der Waals surface area contributed by atoms with Crippen molar-refractivity contribution in [1.82, 2.24) is 0 Å². The minimum Gasteiger partial charge on any atom is -0.487 e. The molecule has 11 heteroatoms. The van der Waals surface area contributed by atoms with Gasteiger partial charge in [-0.15, -0.1) is 0 Å². The highest BCUT2D eigenvalue weighted by Gasteiger charge is 2.18. The third-order valence-electron chi connectivity index (χ3n) is 4.37. The van der Waals surface area contributed by atoms with E-state index in [2.05, 4.69) is 0 Å². The number of anilines is 1. The molecule has 0 aliphatic rings. The molecule has 0 N–H and O–H groups in total. The number of esters is 2. The van der Waals surface area contributed by atoms with Crippen molar-refractivity contribution in [2.45, 2.75) is 6.92 Å². The molecule has 0 aromatic heterocycles. The van der Waals surface area contributed by atoms with Gasteiger partial charge in [0.1, 0.15) is 26.3 Å². The molecule has 0 fully saturated rings. The summed E-state index contributed by atoms with van der Waals surface area (Å²) < 4.78 is 42.2. The quantitative estimate of drug-likeness (QED) is 0.196. The molecule has 34 heavy (non-hydrogen) atoms. The van der Waals surface area contributed by atoms with Crippen LogP contribution in [-0.2, 0) is 38.0 Å². The van der Waals surface area contributed by atoms with Crippen LogP contribution in [0.4, 0.5) is 5.69 Å². The summed E-state index contributed by atoms with van der Waals surface area (Å²) in [6.45, 7) is 5.69. The SMILES string of the molecule is CCOCCOCCOCCOc1ccc(N(CC(=O)OC)CC(=O)OC)cc1OCCOC. The van der Waals surface area contributed by atoms with Crippen LogP contribution in [0.15, 0.2) is 18.2 Å². The van der Waals surface area contributed by atoms with Gasteiger partial charge in [0.25, 0.3) is 0 Å². The largest absolute Gasteiger partial charge is 0.487 e. The number of nitrogens with zero attached hydrogens (tertiary/aromatic N) is 1. The van der Waals surface area contributed by atoms with Crippen LogP contribution in [0, 0.1) is 0 Å². The van der Waals surface area contributed by atoms with Gasteiger partial charge < -0.3 is 42.8 Å². The van der Waals surface area contributed by atoms with Gasteiger partial charge in [0, 0.05) is 25.5 Å². The van der Waals surface area contributed by atoms with Crippen molar-refractivity contribution < 1.29 is 47.5 Å². The van der Waals surface area contributed by atoms with Crippen LogP contribution >= 0.6 is 0 Å². The highest BCUT2D eigenvalue weighted by atomic mass is 16.6. The van der Waals surface area contributed by atoms with E-state index in [1.807, 2.05) is 6.92 Å². The Kier molecular flexibility index (Phi) is 16.3. The molecule has 0 radical (unpaired) electrons. The molecule has 0 atom stereocenters. The predicted octanol–water partition coefficient (Wildman–Crippen LogP) is 1.31. The lowest BCUT2D eigenvalue weighted by Crippen LogP contribution is -2.35. The molecular weight excluding hydrogens is 450 g/mol. The summed E-state index contributed by atoms with van der Waals surface area (Å²) in [5, 5.41) is 0. The van der Waals surface area contributed by atoms with Gasteiger partial charge >= 0.3 is 11.9 Å². The maximum absolute atomic E-state index is 11.8. The Morgan fingerprint density at radius 2 is 1.24 bits per heavy atom. The van der Waals surface area contributed by atoms with Gasteiger partial charge in [-0.3, -0.25) is 9.59 Å². The third-order valence-corrected chi connectivity index (χ3v) is 4.37. The van der Waals surface area contributed by atoms with Crippen molar-refractivity contribution in [3.05, 3.63) is 18.2 Å². The normalized spacial score (nSPS) is 10.6. The maximum atomic E-state index is 11.8. The van der Waals surface area contributed by atoms with Crippen molar-refractivity contribution in [3.8, 4) is 11.5 Å². The average Bonchev–Trinajstić information content (AvgIpc) is 2.85. The molecule has 11 nitrogen and oxygen atoms in total. The lowest BCUT2D eigenvalue weighted by Gasteiger charge is -2.23. The van der Waals surface area contributed by atoms with Crippen LogP contribution in [0.5, 0.6) is 11.5 Å². The van der Waals surface area contributed by atoms with E-state index in [4.69, 9.17) is 37.9 Å². The summed E-state index contributed by atoms with van der Waals surface area (Å²) in [4.78, 5) is 25.2. The topological polar surface area (TPSA) is 111 Å².